The number of hydrogen-bond acceptors (Lipinski definition) is 2. The third kappa shape index (κ3) is 3.14. The molecular weight excluding hydrogens is 390 g/mol. The number of hydrogen-bond donors (Lipinski definition) is 0. The summed E-state index contributed by atoms with van der Waals surface area (Å²) in [6, 6.07) is 30.2. The Hall–Kier alpha value is -3.87. The van der Waals surface area contributed by atoms with Crippen LogP contribution >= 0.6 is 11.6 Å². The monoisotopic (exact) mass is 405 g/mol. The van der Waals surface area contributed by atoms with Gasteiger partial charge in [-0.25, -0.2) is 4.98 Å². The lowest BCUT2D eigenvalue weighted by atomic mass is 10.0. The van der Waals surface area contributed by atoms with Crippen LogP contribution in [0.15, 0.2) is 84.9 Å². The van der Waals surface area contributed by atoms with Crippen LogP contribution in [0.3, 0.4) is 0 Å². The van der Waals surface area contributed by atoms with Crippen LogP contribution in [0.1, 0.15) is 16.7 Å². The van der Waals surface area contributed by atoms with E-state index in [2.05, 4.69) is 28.7 Å². The van der Waals surface area contributed by atoms with E-state index in [1.807, 2.05) is 78.9 Å². The SMILES string of the molecule is N#Cc1c(C=Cc2ccc(Cl)cc2)cc(-c2ccccc2)n2c1nc1ccccc12. The average molecular weight is 406 g/mol. The lowest BCUT2D eigenvalue weighted by molar-refractivity contribution is 1.21. The molecular formula is C26H16ClN3. The second kappa shape index (κ2) is 7.51. The van der Waals surface area contributed by atoms with E-state index in [1.165, 1.54) is 0 Å². The van der Waals surface area contributed by atoms with Crippen LogP contribution < -0.4 is 0 Å². The molecule has 5 aromatic rings. The molecule has 0 saturated heterocycles. The van der Waals surface area contributed by atoms with Crippen LogP contribution in [0, 0.1) is 11.3 Å². The normalized spacial score (nSPS) is 11.3. The van der Waals surface area contributed by atoms with Crippen molar-refractivity contribution in [2.24, 2.45) is 0 Å². The highest BCUT2D eigenvalue weighted by molar-refractivity contribution is 6.30. The fourth-order valence-electron chi connectivity index (χ4n) is 3.68. The van der Waals surface area contributed by atoms with E-state index in [1.54, 1.807) is 0 Å². The highest BCUT2D eigenvalue weighted by Crippen LogP contribution is 2.31. The molecule has 2 heterocycles. The van der Waals surface area contributed by atoms with Crippen molar-refractivity contribution < 1.29 is 0 Å². The molecule has 0 aliphatic rings. The minimum Gasteiger partial charge on any atom is -0.291 e. The Morgan fingerprint density at radius 3 is 2.37 bits per heavy atom. The van der Waals surface area contributed by atoms with E-state index in [9.17, 15) is 5.26 Å². The summed E-state index contributed by atoms with van der Waals surface area (Å²) in [5.41, 5.74) is 6.96. The van der Waals surface area contributed by atoms with Crippen molar-refractivity contribution in [3.63, 3.8) is 0 Å². The first-order valence-electron chi connectivity index (χ1n) is 9.58. The molecule has 0 amide bonds. The molecule has 0 bridgehead atoms. The summed E-state index contributed by atoms with van der Waals surface area (Å²) >= 11 is 5.99. The predicted molar refractivity (Wildman–Crippen MR) is 123 cm³/mol. The van der Waals surface area contributed by atoms with Crippen molar-refractivity contribution in [1.29, 1.82) is 5.26 Å². The Morgan fingerprint density at radius 1 is 0.867 bits per heavy atom. The molecule has 0 spiro atoms. The number of para-hydroxylation sites is 2. The molecule has 0 aliphatic carbocycles. The molecule has 0 N–H and O–H groups in total. The topological polar surface area (TPSA) is 41.1 Å². The number of nitrogens with zero attached hydrogens (tertiary/aromatic N) is 3. The first-order chi connectivity index (χ1) is 14.7. The van der Waals surface area contributed by atoms with Crippen molar-refractivity contribution in [2.45, 2.75) is 0 Å². The first-order valence-corrected chi connectivity index (χ1v) is 9.96. The smallest absolute Gasteiger partial charge is 0.157 e. The Morgan fingerprint density at radius 2 is 1.60 bits per heavy atom. The van der Waals surface area contributed by atoms with Gasteiger partial charge in [0.05, 0.1) is 16.7 Å². The Balaban J connectivity index is 1.80. The number of halogens is 1. The zero-order valence-corrected chi connectivity index (χ0v) is 16.7. The summed E-state index contributed by atoms with van der Waals surface area (Å²) in [5.74, 6) is 0. The van der Waals surface area contributed by atoms with Gasteiger partial charge in [-0.3, -0.25) is 4.40 Å². The third-order valence-electron chi connectivity index (χ3n) is 5.11. The van der Waals surface area contributed by atoms with Gasteiger partial charge in [0, 0.05) is 5.02 Å². The number of pyridine rings is 1. The molecule has 0 atom stereocenters. The van der Waals surface area contributed by atoms with Gasteiger partial charge in [0.25, 0.3) is 0 Å². The molecule has 0 aliphatic heterocycles. The standard InChI is InChI=1S/C26H16ClN3/c27-21-14-11-18(12-15-21)10-13-20-16-25(19-6-2-1-3-7-19)30-24-9-5-4-8-23(24)29-26(30)22(20)17-28/h1-16H. The third-order valence-corrected chi connectivity index (χ3v) is 5.36. The van der Waals surface area contributed by atoms with Crippen molar-refractivity contribution in [2.75, 3.05) is 0 Å². The molecule has 3 nitrogen and oxygen atoms in total. The Labute approximate surface area is 179 Å². The minimum absolute atomic E-state index is 0.552. The first kappa shape index (κ1) is 18.2. The van der Waals surface area contributed by atoms with Gasteiger partial charge < -0.3 is 0 Å². The lowest BCUT2D eigenvalue weighted by Crippen LogP contribution is -1.98. The van der Waals surface area contributed by atoms with Gasteiger partial charge in [0.2, 0.25) is 0 Å². The maximum atomic E-state index is 9.98. The van der Waals surface area contributed by atoms with Gasteiger partial charge in [-0.1, -0.05) is 78.4 Å². The van der Waals surface area contributed by atoms with Crippen LogP contribution in [0.25, 0.3) is 40.1 Å². The molecule has 0 fully saturated rings. The van der Waals surface area contributed by atoms with E-state index in [4.69, 9.17) is 16.6 Å². The zero-order valence-electron chi connectivity index (χ0n) is 16.0. The maximum absolute atomic E-state index is 9.98. The fourth-order valence-corrected chi connectivity index (χ4v) is 3.80. The van der Waals surface area contributed by atoms with Gasteiger partial charge in [0.1, 0.15) is 11.6 Å². The van der Waals surface area contributed by atoms with E-state index in [0.717, 1.165) is 33.4 Å². The molecule has 2 aromatic heterocycles. The summed E-state index contributed by atoms with van der Waals surface area (Å²) in [5, 5.41) is 10.7. The number of nitriles is 1. The molecule has 0 radical (unpaired) electrons. The summed E-state index contributed by atoms with van der Waals surface area (Å²) < 4.78 is 2.07. The number of imidazole rings is 1. The summed E-state index contributed by atoms with van der Waals surface area (Å²) in [4.78, 5) is 4.79. The van der Waals surface area contributed by atoms with Crippen molar-refractivity contribution in [3.05, 3.63) is 107 Å². The molecule has 0 unspecified atom stereocenters. The second-order valence-corrected chi connectivity index (χ2v) is 7.42. The van der Waals surface area contributed by atoms with Crippen LogP contribution in [0.5, 0.6) is 0 Å². The van der Waals surface area contributed by atoms with E-state index >= 15 is 0 Å². The summed E-state index contributed by atoms with van der Waals surface area (Å²) in [6.07, 6.45) is 3.95. The van der Waals surface area contributed by atoms with Gasteiger partial charge in [-0.15, -0.1) is 0 Å². The van der Waals surface area contributed by atoms with Crippen molar-refractivity contribution in [1.82, 2.24) is 9.38 Å². The number of benzene rings is 3. The zero-order chi connectivity index (χ0) is 20.5. The minimum atomic E-state index is 0.552. The Bertz CT molecular complexity index is 1440. The lowest BCUT2D eigenvalue weighted by Gasteiger charge is -2.11. The fraction of sp³-hybridized carbons (Fsp3) is 0. The highest BCUT2D eigenvalue weighted by atomic mass is 35.5. The van der Waals surface area contributed by atoms with Crippen LogP contribution in [-0.2, 0) is 0 Å². The maximum Gasteiger partial charge on any atom is 0.157 e. The van der Waals surface area contributed by atoms with Crippen LogP contribution in [-0.4, -0.2) is 9.38 Å². The average Bonchev–Trinajstić information content (AvgIpc) is 3.18. The summed E-state index contributed by atoms with van der Waals surface area (Å²) in [7, 11) is 0. The van der Waals surface area contributed by atoms with Gasteiger partial charge >= 0.3 is 0 Å². The van der Waals surface area contributed by atoms with E-state index in [-0.39, 0.29) is 0 Å². The molecule has 3 aromatic carbocycles. The molecule has 30 heavy (non-hydrogen) atoms. The number of fused-ring (bicyclic) bond motifs is 3. The highest BCUT2D eigenvalue weighted by Gasteiger charge is 2.16. The van der Waals surface area contributed by atoms with Crippen LogP contribution in [0.2, 0.25) is 5.02 Å². The second-order valence-electron chi connectivity index (χ2n) is 6.98. The molecule has 5 rings (SSSR count). The van der Waals surface area contributed by atoms with Crippen molar-refractivity contribution >= 4 is 40.4 Å². The quantitative estimate of drug-likeness (QED) is 0.329. The molecule has 0 saturated carbocycles. The van der Waals surface area contributed by atoms with Crippen LogP contribution in [0.4, 0.5) is 0 Å². The largest absolute Gasteiger partial charge is 0.291 e. The summed E-state index contributed by atoms with van der Waals surface area (Å²) in [6.45, 7) is 0. The van der Waals surface area contributed by atoms with E-state index in [0.29, 0.717) is 16.2 Å². The molecule has 4 heteroatoms. The molecule has 142 valence electrons. The number of aromatic nitrogens is 2. The Kier molecular flexibility index (Phi) is 4.55. The predicted octanol–water partition coefficient (Wildman–Crippen LogP) is 6.85. The van der Waals surface area contributed by atoms with Gasteiger partial charge in [-0.05, 0) is 47.0 Å². The van der Waals surface area contributed by atoms with Gasteiger partial charge in [0.15, 0.2) is 5.65 Å². The van der Waals surface area contributed by atoms with E-state index < -0.39 is 0 Å². The van der Waals surface area contributed by atoms with Gasteiger partial charge in [-0.2, -0.15) is 5.26 Å². The van der Waals surface area contributed by atoms with Crippen molar-refractivity contribution in [3.8, 4) is 17.3 Å². The number of rotatable bonds is 3.